The van der Waals surface area contributed by atoms with Crippen molar-refractivity contribution in [1.29, 1.82) is 5.26 Å². The number of alkyl halides is 3. The molecule has 1 fully saturated rings. The number of aryl methyl sites for hydroxylation is 1. The minimum atomic E-state index is -4.72. The van der Waals surface area contributed by atoms with Crippen LogP contribution < -0.4 is 15.2 Å². The van der Waals surface area contributed by atoms with E-state index < -0.39 is 6.36 Å². The average Bonchev–Trinajstić information content (AvgIpc) is 3.12. The number of piperidine rings is 1. The van der Waals surface area contributed by atoms with Crippen molar-refractivity contribution in [3.05, 3.63) is 62.5 Å². The van der Waals surface area contributed by atoms with Gasteiger partial charge in [-0.05, 0) is 66.5 Å². The van der Waals surface area contributed by atoms with E-state index >= 15 is 0 Å². The van der Waals surface area contributed by atoms with Gasteiger partial charge in [0.1, 0.15) is 28.1 Å². The molecule has 1 aliphatic carbocycles. The summed E-state index contributed by atoms with van der Waals surface area (Å²) in [6.45, 7) is 1.18. The molecule has 34 heavy (non-hydrogen) atoms. The third-order valence-corrected chi connectivity index (χ3v) is 7.19. The summed E-state index contributed by atoms with van der Waals surface area (Å²) in [6.07, 6.45) is -1.76. The van der Waals surface area contributed by atoms with Gasteiger partial charge in [0.2, 0.25) is 0 Å². The summed E-state index contributed by atoms with van der Waals surface area (Å²) in [5.74, 6) is -0.200. The Morgan fingerprint density at radius 3 is 2.53 bits per heavy atom. The smallest absolute Gasteiger partial charge is 0.406 e. The van der Waals surface area contributed by atoms with Crippen molar-refractivity contribution in [1.82, 2.24) is 9.55 Å². The topological polar surface area (TPSA) is 71.2 Å². The Morgan fingerprint density at radius 2 is 1.85 bits per heavy atom. The summed E-state index contributed by atoms with van der Waals surface area (Å²) in [4.78, 5) is 19.3. The van der Waals surface area contributed by atoms with E-state index in [4.69, 9.17) is 11.6 Å². The highest BCUT2D eigenvalue weighted by Gasteiger charge is 2.41. The number of nitriles is 1. The van der Waals surface area contributed by atoms with Crippen molar-refractivity contribution in [3.8, 4) is 11.8 Å². The SMILES string of the molecule is Cn1c(=O)c(C#N)c(N2CCC3(CC2)Cc2ccc(OC(F)(F)F)cc2C3)c2nc(Cl)ccc21. The predicted molar refractivity (Wildman–Crippen MR) is 121 cm³/mol. The van der Waals surface area contributed by atoms with E-state index in [1.807, 2.05) is 11.0 Å². The van der Waals surface area contributed by atoms with Crippen LogP contribution in [0.1, 0.15) is 29.5 Å². The lowest BCUT2D eigenvalue weighted by Gasteiger charge is -2.41. The molecule has 10 heteroatoms. The molecular formula is C24H20ClF3N4O2. The Bertz CT molecular complexity index is 1400. The lowest BCUT2D eigenvalue weighted by molar-refractivity contribution is -0.274. The normalized spacial score (nSPS) is 17.1. The maximum Gasteiger partial charge on any atom is 0.573 e. The van der Waals surface area contributed by atoms with Crippen molar-refractivity contribution in [2.45, 2.75) is 32.0 Å². The Kier molecular flexibility index (Phi) is 5.24. The average molecular weight is 489 g/mol. The maximum absolute atomic E-state index is 12.9. The third kappa shape index (κ3) is 3.86. The second-order valence-electron chi connectivity index (χ2n) is 9.02. The lowest BCUT2D eigenvalue weighted by atomic mass is 9.76. The first-order valence-electron chi connectivity index (χ1n) is 10.8. The molecule has 0 saturated carbocycles. The van der Waals surface area contributed by atoms with Gasteiger partial charge in [0.25, 0.3) is 5.56 Å². The molecule has 176 valence electrons. The van der Waals surface area contributed by atoms with Crippen LogP contribution in [-0.4, -0.2) is 29.0 Å². The van der Waals surface area contributed by atoms with Crippen LogP contribution in [0.3, 0.4) is 0 Å². The van der Waals surface area contributed by atoms with Crippen LogP contribution in [0.5, 0.6) is 5.75 Å². The number of aromatic nitrogens is 2. The van der Waals surface area contributed by atoms with Gasteiger partial charge in [-0.3, -0.25) is 4.79 Å². The lowest BCUT2D eigenvalue weighted by Crippen LogP contribution is -2.42. The summed E-state index contributed by atoms with van der Waals surface area (Å²) in [5.41, 5.74) is 3.07. The van der Waals surface area contributed by atoms with Gasteiger partial charge in [-0.2, -0.15) is 5.26 Å². The Balaban J connectivity index is 1.43. The molecule has 3 heterocycles. The van der Waals surface area contributed by atoms with Gasteiger partial charge in [0.15, 0.2) is 0 Å². The summed E-state index contributed by atoms with van der Waals surface area (Å²) in [6, 6.07) is 9.94. The van der Waals surface area contributed by atoms with Crippen LogP contribution >= 0.6 is 11.6 Å². The Labute approximate surface area is 198 Å². The van der Waals surface area contributed by atoms with E-state index in [1.165, 1.54) is 16.7 Å². The van der Waals surface area contributed by atoms with Gasteiger partial charge >= 0.3 is 6.36 Å². The quantitative estimate of drug-likeness (QED) is 0.487. The molecule has 1 spiro atoms. The van der Waals surface area contributed by atoms with Crippen molar-refractivity contribution in [2.24, 2.45) is 12.5 Å². The molecule has 0 bridgehead atoms. The molecule has 0 amide bonds. The Morgan fingerprint density at radius 1 is 1.15 bits per heavy atom. The summed E-state index contributed by atoms with van der Waals surface area (Å²) >= 11 is 6.14. The van der Waals surface area contributed by atoms with Crippen LogP contribution in [0, 0.1) is 16.7 Å². The van der Waals surface area contributed by atoms with Crippen molar-refractivity contribution in [2.75, 3.05) is 18.0 Å². The fraction of sp³-hybridized carbons (Fsp3) is 0.375. The third-order valence-electron chi connectivity index (χ3n) is 6.98. The second-order valence-corrected chi connectivity index (χ2v) is 9.41. The summed E-state index contributed by atoms with van der Waals surface area (Å²) in [5, 5.41) is 10.0. The first-order chi connectivity index (χ1) is 16.1. The highest BCUT2D eigenvalue weighted by atomic mass is 35.5. The number of benzene rings is 1. The predicted octanol–water partition coefficient (Wildman–Crippen LogP) is 4.74. The molecule has 0 N–H and O–H groups in total. The molecule has 0 radical (unpaired) electrons. The van der Waals surface area contributed by atoms with E-state index in [0.717, 1.165) is 30.4 Å². The largest absolute Gasteiger partial charge is 0.573 e. The summed E-state index contributed by atoms with van der Waals surface area (Å²) in [7, 11) is 1.60. The molecule has 0 unspecified atom stereocenters. The van der Waals surface area contributed by atoms with E-state index in [0.29, 0.717) is 36.2 Å². The fourth-order valence-corrected chi connectivity index (χ4v) is 5.49. The second kappa shape index (κ2) is 7.91. The number of pyridine rings is 2. The van der Waals surface area contributed by atoms with Gasteiger partial charge in [0, 0.05) is 20.1 Å². The molecule has 0 atom stereocenters. The number of hydrogen-bond donors (Lipinski definition) is 0. The van der Waals surface area contributed by atoms with Crippen molar-refractivity contribution in [3.63, 3.8) is 0 Å². The van der Waals surface area contributed by atoms with Crippen LogP contribution in [0.15, 0.2) is 35.1 Å². The maximum atomic E-state index is 12.9. The van der Waals surface area contributed by atoms with Crippen LogP contribution in [0.4, 0.5) is 18.9 Å². The number of hydrogen-bond acceptors (Lipinski definition) is 5. The minimum absolute atomic E-state index is 0.0318. The molecule has 6 nitrogen and oxygen atoms in total. The molecule has 2 aliphatic rings. The van der Waals surface area contributed by atoms with Crippen LogP contribution in [-0.2, 0) is 19.9 Å². The first-order valence-corrected chi connectivity index (χ1v) is 11.2. The molecule has 1 aromatic carbocycles. The van der Waals surface area contributed by atoms with Gasteiger partial charge in [-0.1, -0.05) is 17.7 Å². The molecule has 1 saturated heterocycles. The van der Waals surface area contributed by atoms with E-state index in [2.05, 4.69) is 9.72 Å². The van der Waals surface area contributed by atoms with E-state index in [-0.39, 0.29) is 27.4 Å². The van der Waals surface area contributed by atoms with E-state index in [9.17, 15) is 23.2 Å². The number of fused-ring (bicyclic) bond motifs is 2. The monoisotopic (exact) mass is 488 g/mol. The van der Waals surface area contributed by atoms with E-state index in [1.54, 1.807) is 25.2 Å². The number of halogens is 4. The molecule has 3 aromatic rings. The van der Waals surface area contributed by atoms with Crippen LogP contribution in [0.2, 0.25) is 5.15 Å². The van der Waals surface area contributed by atoms with Gasteiger partial charge in [-0.15, -0.1) is 13.2 Å². The van der Waals surface area contributed by atoms with Gasteiger partial charge in [0.05, 0.1) is 11.2 Å². The van der Waals surface area contributed by atoms with Crippen molar-refractivity contribution >= 4 is 28.3 Å². The number of ether oxygens (including phenoxy) is 1. The zero-order valence-electron chi connectivity index (χ0n) is 18.2. The number of nitrogens with zero attached hydrogens (tertiary/aromatic N) is 4. The Hall–Kier alpha value is -3.25. The standard InChI is InChI=1S/C24H20ClF3N4O2/c1-31-18-4-5-19(25)30-20(18)21(17(13-29)22(31)33)32-8-6-23(7-9-32)11-14-2-3-16(10-15(14)12-23)34-24(26,27)28/h2-5,10H,6-9,11-12H2,1H3. The zero-order valence-corrected chi connectivity index (χ0v) is 19.0. The molecule has 2 aromatic heterocycles. The van der Waals surface area contributed by atoms with Gasteiger partial charge in [-0.25, -0.2) is 4.98 Å². The van der Waals surface area contributed by atoms with Gasteiger partial charge < -0.3 is 14.2 Å². The molecule has 1 aliphatic heterocycles. The summed E-state index contributed by atoms with van der Waals surface area (Å²) < 4.78 is 43.3. The van der Waals surface area contributed by atoms with Crippen molar-refractivity contribution < 1.29 is 17.9 Å². The molecular weight excluding hydrogens is 469 g/mol. The first kappa shape index (κ1) is 22.5. The highest BCUT2D eigenvalue weighted by Crippen LogP contribution is 2.47. The fourth-order valence-electron chi connectivity index (χ4n) is 5.34. The highest BCUT2D eigenvalue weighted by molar-refractivity contribution is 6.29. The van der Waals surface area contributed by atoms with Crippen LogP contribution in [0.25, 0.3) is 11.0 Å². The number of anilines is 1. The number of rotatable bonds is 2. The molecule has 5 rings (SSSR count). The zero-order chi connectivity index (χ0) is 24.3. The minimum Gasteiger partial charge on any atom is -0.406 e.